The maximum absolute atomic E-state index is 5.89. The van der Waals surface area contributed by atoms with Gasteiger partial charge < -0.3 is 10.5 Å². The van der Waals surface area contributed by atoms with Crippen LogP contribution in [0.4, 0.5) is 5.82 Å². The molecular weight excluding hydrogens is 242 g/mol. The quantitative estimate of drug-likeness (QED) is 0.901. The Balaban J connectivity index is 2.21. The first-order valence-electron chi connectivity index (χ1n) is 6.23. The van der Waals surface area contributed by atoms with E-state index in [1.165, 1.54) is 0 Å². The number of rotatable bonds is 4. The second kappa shape index (κ2) is 5.26. The molecule has 0 radical (unpaired) electrons. The number of aryl methyl sites for hydroxylation is 2. The summed E-state index contributed by atoms with van der Waals surface area (Å²) in [5.41, 5.74) is 7.80. The van der Waals surface area contributed by atoms with Crippen molar-refractivity contribution in [1.82, 2.24) is 19.7 Å². The van der Waals surface area contributed by atoms with Crippen molar-refractivity contribution < 1.29 is 4.74 Å². The van der Waals surface area contributed by atoms with Gasteiger partial charge in [-0.2, -0.15) is 0 Å². The lowest BCUT2D eigenvalue weighted by molar-refractivity contribution is 0.230. The number of nitrogens with zero attached hydrogens (tertiary/aromatic N) is 4. The zero-order valence-electron chi connectivity index (χ0n) is 11.7. The van der Waals surface area contributed by atoms with Crippen LogP contribution in [0.2, 0.25) is 0 Å². The van der Waals surface area contributed by atoms with Crippen molar-refractivity contribution in [3.8, 4) is 5.88 Å². The molecule has 0 atom stereocenters. The Bertz CT molecular complexity index is 576. The summed E-state index contributed by atoms with van der Waals surface area (Å²) in [5.74, 6) is 1.81. The van der Waals surface area contributed by atoms with E-state index in [4.69, 9.17) is 10.5 Å². The molecule has 2 rings (SSSR count). The standard InChI is InChI=1S/C13H19N5O/c1-8(2)19-12-6-11(18(4)17-12)5-10-7-15-9(3)16-13(10)14/h6-8H,5H2,1-4H3,(H2,14,15,16). The van der Waals surface area contributed by atoms with E-state index in [0.717, 1.165) is 11.3 Å². The number of ether oxygens (including phenoxy) is 1. The Morgan fingerprint density at radius 3 is 2.79 bits per heavy atom. The number of anilines is 1. The predicted octanol–water partition coefficient (Wildman–Crippen LogP) is 1.48. The molecule has 0 bridgehead atoms. The van der Waals surface area contributed by atoms with Crippen LogP contribution in [0, 0.1) is 6.92 Å². The van der Waals surface area contributed by atoms with Crippen molar-refractivity contribution in [3.05, 3.63) is 29.3 Å². The summed E-state index contributed by atoms with van der Waals surface area (Å²) in [6.45, 7) is 5.76. The normalized spacial score (nSPS) is 11.0. The van der Waals surface area contributed by atoms with Crippen LogP contribution in [0.1, 0.15) is 30.9 Å². The number of hydrogen-bond acceptors (Lipinski definition) is 5. The van der Waals surface area contributed by atoms with Gasteiger partial charge in [0.2, 0.25) is 5.88 Å². The smallest absolute Gasteiger partial charge is 0.233 e. The van der Waals surface area contributed by atoms with Gasteiger partial charge >= 0.3 is 0 Å². The Labute approximate surface area is 112 Å². The molecule has 0 aromatic carbocycles. The monoisotopic (exact) mass is 261 g/mol. The Morgan fingerprint density at radius 1 is 1.42 bits per heavy atom. The maximum atomic E-state index is 5.89. The van der Waals surface area contributed by atoms with Crippen LogP contribution in [-0.4, -0.2) is 25.9 Å². The maximum Gasteiger partial charge on any atom is 0.233 e. The Morgan fingerprint density at radius 2 is 2.16 bits per heavy atom. The van der Waals surface area contributed by atoms with E-state index in [2.05, 4.69) is 15.1 Å². The number of aromatic nitrogens is 4. The molecule has 102 valence electrons. The molecule has 0 aliphatic rings. The number of hydrogen-bond donors (Lipinski definition) is 1. The fourth-order valence-corrected chi connectivity index (χ4v) is 1.79. The van der Waals surface area contributed by atoms with E-state index < -0.39 is 0 Å². The van der Waals surface area contributed by atoms with Gasteiger partial charge in [0.25, 0.3) is 0 Å². The molecule has 0 unspecified atom stereocenters. The molecule has 2 aromatic heterocycles. The van der Waals surface area contributed by atoms with Crippen molar-refractivity contribution in [2.75, 3.05) is 5.73 Å². The summed E-state index contributed by atoms with van der Waals surface area (Å²) in [7, 11) is 1.88. The SMILES string of the molecule is Cc1ncc(Cc2cc(OC(C)C)nn2C)c(N)n1. The lowest BCUT2D eigenvalue weighted by atomic mass is 10.1. The lowest BCUT2D eigenvalue weighted by Crippen LogP contribution is -2.06. The van der Waals surface area contributed by atoms with E-state index in [9.17, 15) is 0 Å². The molecule has 0 aliphatic heterocycles. The van der Waals surface area contributed by atoms with Gasteiger partial charge in [-0.25, -0.2) is 9.97 Å². The van der Waals surface area contributed by atoms with E-state index in [1.807, 2.05) is 33.9 Å². The largest absolute Gasteiger partial charge is 0.474 e. The lowest BCUT2D eigenvalue weighted by Gasteiger charge is -2.05. The summed E-state index contributed by atoms with van der Waals surface area (Å²) in [6.07, 6.45) is 2.50. The Kier molecular flexibility index (Phi) is 3.69. The minimum Gasteiger partial charge on any atom is -0.474 e. The molecule has 19 heavy (non-hydrogen) atoms. The molecule has 0 aliphatic carbocycles. The van der Waals surface area contributed by atoms with E-state index in [0.29, 0.717) is 23.9 Å². The highest BCUT2D eigenvalue weighted by atomic mass is 16.5. The van der Waals surface area contributed by atoms with E-state index in [-0.39, 0.29) is 6.10 Å². The van der Waals surface area contributed by atoms with Crippen LogP contribution in [0.3, 0.4) is 0 Å². The van der Waals surface area contributed by atoms with E-state index in [1.54, 1.807) is 10.9 Å². The fourth-order valence-electron chi connectivity index (χ4n) is 1.79. The van der Waals surface area contributed by atoms with Crippen LogP contribution in [-0.2, 0) is 13.5 Å². The highest BCUT2D eigenvalue weighted by Crippen LogP contribution is 2.18. The van der Waals surface area contributed by atoms with Gasteiger partial charge in [0.05, 0.1) is 6.10 Å². The first kappa shape index (κ1) is 13.3. The minimum absolute atomic E-state index is 0.107. The van der Waals surface area contributed by atoms with Crippen LogP contribution in [0.5, 0.6) is 5.88 Å². The highest BCUT2D eigenvalue weighted by Gasteiger charge is 2.10. The van der Waals surface area contributed by atoms with Gasteiger partial charge in [-0.1, -0.05) is 0 Å². The zero-order chi connectivity index (χ0) is 14.0. The second-order valence-electron chi connectivity index (χ2n) is 4.77. The molecule has 2 N–H and O–H groups in total. The molecule has 2 heterocycles. The summed E-state index contributed by atoms with van der Waals surface area (Å²) in [4.78, 5) is 8.33. The molecule has 0 fully saturated rings. The van der Waals surface area contributed by atoms with Crippen LogP contribution in [0.25, 0.3) is 0 Å². The molecule has 6 nitrogen and oxygen atoms in total. The van der Waals surface area contributed by atoms with Crippen LogP contribution >= 0.6 is 0 Å². The molecule has 2 aromatic rings. The third kappa shape index (κ3) is 3.21. The number of nitrogens with two attached hydrogens (primary N) is 1. The van der Waals surface area contributed by atoms with Gasteiger partial charge in [0.15, 0.2) is 0 Å². The van der Waals surface area contributed by atoms with Crippen molar-refractivity contribution in [2.45, 2.75) is 33.3 Å². The second-order valence-corrected chi connectivity index (χ2v) is 4.77. The fraction of sp³-hybridized carbons (Fsp3) is 0.462. The molecule has 0 spiro atoms. The molecular formula is C13H19N5O. The topological polar surface area (TPSA) is 78.9 Å². The van der Waals surface area contributed by atoms with Gasteiger partial charge in [0, 0.05) is 37.0 Å². The van der Waals surface area contributed by atoms with Crippen molar-refractivity contribution in [3.63, 3.8) is 0 Å². The van der Waals surface area contributed by atoms with Gasteiger partial charge in [-0.05, 0) is 20.8 Å². The summed E-state index contributed by atoms with van der Waals surface area (Å²) in [5, 5.41) is 4.31. The zero-order valence-corrected chi connectivity index (χ0v) is 11.7. The highest BCUT2D eigenvalue weighted by molar-refractivity contribution is 5.40. The van der Waals surface area contributed by atoms with Gasteiger partial charge in [-0.15, -0.1) is 5.10 Å². The third-order valence-electron chi connectivity index (χ3n) is 2.70. The van der Waals surface area contributed by atoms with Crippen molar-refractivity contribution in [2.24, 2.45) is 7.05 Å². The van der Waals surface area contributed by atoms with Crippen molar-refractivity contribution in [1.29, 1.82) is 0 Å². The molecule has 6 heteroatoms. The minimum atomic E-state index is 0.107. The van der Waals surface area contributed by atoms with Crippen LogP contribution in [0.15, 0.2) is 12.3 Å². The average Bonchev–Trinajstić information content (AvgIpc) is 2.62. The third-order valence-corrected chi connectivity index (χ3v) is 2.70. The predicted molar refractivity (Wildman–Crippen MR) is 73.0 cm³/mol. The summed E-state index contributed by atoms with van der Waals surface area (Å²) in [6, 6.07) is 1.92. The van der Waals surface area contributed by atoms with E-state index >= 15 is 0 Å². The summed E-state index contributed by atoms with van der Waals surface area (Å²) < 4.78 is 7.36. The first-order chi connectivity index (χ1) is 8.95. The molecule has 0 amide bonds. The number of nitrogen functional groups attached to an aromatic ring is 1. The van der Waals surface area contributed by atoms with Gasteiger partial charge in [-0.3, -0.25) is 4.68 Å². The molecule has 0 saturated carbocycles. The molecule has 0 saturated heterocycles. The van der Waals surface area contributed by atoms with Crippen molar-refractivity contribution >= 4 is 5.82 Å². The van der Waals surface area contributed by atoms with Gasteiger partial charge in [0.1, 0.15) is 11.6 Å². The first-order valence-corrected chi connectivity index (χ1v) is 6.23. The Hall–Kier alpha value is -2.11. The summed E-state index contributed by atoms with van der Waals surface area (Å²) >= 11 is 0. The average molecular weight is 261 g/mol. The van der Waals surface area contributed by atoms with Crippen LogP contribution < -0.4 is 10.5 Å².